The van der Waals surface area contributed by atoms with Crippen LogP contribution < -0.4 is 10.6 Å². The summed E-state index contributed by atoms with van der Waals surface area (Å²) in [4.78, 5) is 15.8. The zero-order valence-electron chi connectivity index (χ0n) is 18.4. The predicted octanol–water partition coefficient (Wildman–Crippen LogP) is 5.12. The van der Waals surface area contributed by atoms with Crippen molar-refractivity contribution in [2.45, 2.75) is 37.8 Å². The molecule has 0 saturated carbocycles. The smallest absolute Gasteiger partial charge is 0.131 e. The summed E-state index contributed by atoms with van der Waals surface area (Å²) in [5.41, 5.74) is 5.09. The number of halogens is 1. The van der Waals surface area contributed by atoms with E-state index < -0.39 is 0 Å². The fraction of sp³-hybridized carbons (Fsp3) is 0.308. The van der Waals surface area contributed by atoms with Crippen LogP contribution in [0.4, 0.5) is 4.39 Å². The average Bonchev–Trinajstić information content (AvgIpc) is 3.65. The molecule has 0 amide bonds. The quantitative estimate of drug-likeness (QED) is 0.346. The second kappa shape index (κ2) is 8.57. The first-order chi connectivity index (χ1) is 16.2. The number of rotatable bonds is 5. The minimum atomic E-state index is -0.244. The Balaban J connectivity index is 1.21. The van der Waals surface area contributed by atoms with Gasteiger partial charge in [-0.25, -0.2) is 14.4 Å². The lowest BCUT2D eigenvalue weighted by Crippen LogP contribution is -2.14. The molecular weight excluding hydrogens is 415 g/mol. The lowest BCUT2D eigenvalue weighted by atomic mass is 10.0. The first kappa shape index (κ1) is 20.3. The molecule has 0 aliphatic carbocycles. The third-order valence-corrected chi connectivity index (χ3v) is 6.76. The molecule has 0 bridgehead atoms. The molecular formula is C26H27FN6. The highest BCUT2D eigenvalue weighted by Gasteiger charge is 2.20. The Morgan fingerprint density at radius 2 is 1.24 bits per heavy atom. The van der Waals surface area contributed by atoms with Gasteiger partial charge in [-0.3, -0.25) is 0 Å². The molecule has 6 nitrogen and oxygen atoms in total. The van der Waals surface area contributed by atoms with Crippen molar-refractivity contribution in [3.8, 4) is 33.6 Å². The van der Waals surface area contributed by atoms with Gasteiger partial charge in [0, 0.05) is 11.1 Å². The number of nitrogens with one attached hydrogen (secondary N) is 4. The van der Waals surface area contributed by atoms with Gasteiger partial charge in [0.05, 0.1) is 35.9 Å². The van der Waals surface area contributed by atoms with Crippen LogP contribution in [-0.2, 0) is 0 Å². The molecule has 33 heavy (non-hydrogen) atoms. The molecule has 2 saturated heterocycles. The number of hydrogen-bond acceptors (Lipinski definition) is 4. The molecule has 4 heterocycles. The lowest BCUT2D eigenvalue weighted by Gasteiger charge is -2.08. The molecule has 2 atom stereocenters. The van der Waals surface area contributed by atoms with Crippen molar-refractivity contribution in [1.29, 1.82) is 0 Å². The molecule has 4 aromatic rings. The van der Waals surface area contributed by atoms with Crippen LogP contribution in [0.5, 0.6) is 0 Å². The van der Waals surface area contributed by atoms with E-state index in [0.717, 1.165) is 72.1 Å². The van der Waals surface area contributed by atoms with Crippen LogP contribution in [0.25, 0.3) is 33.6 Å². The maximum atomic E-state index is 15.1. The SMILES string of the molecule is Fc1cc(-c2cnc([C@@H]3CCCN3)[nH]2)ccc1-c1ccc(-c2cnc([C@@H]3CCCN3)[nH]2)cc1. The summed E-state index contributed by atoms with van der Waals surface area (Å²) in [5.74, 6) is 1.67. The Morgan fingerprint density at radius 3 is 1.79 bits per heavy atom. The number of H-pyrrole nitrogens is 2. The van der Waals surface area contributed by atoms with E-state index in [1.807, 2.05) is 42.6 Å². The highest BCUT2D eigenvalue weighted by Crippen LogP contribution is 2.31. The van der Waals surface area contributed by atoms with Crippen LogP contribution in [0.2, 0.25) is 0 Å². The standard InChI is InChI=1S/C26H27FN6/c27-20-13-18(24-15-31-26(33-24)22-4-2-12-29-22)9-10-19(20)16-5-7-17(8-6-16)23-14-30-25(32-23)21-3-1-11-28-21/h5-10,13-15,21-22,28-29H,1-4,11-12H2,(H,30,32)(H,31,33)/t21-,22-/m0/s1. The van der Waals surface area contributed by atoms with Gasteiger partial charge >= 0.3 is 0 Å². The number of aromatic amines is 2. The largest absolute Gasteiger partial charge is 0.341 e. The third-order valence-electron chi connectivity index (χ3n) is 6.76. The molecule has 0 radical (unpaired) electrons. The van der Waals surface area contributed by atoms with Crippen LogP contribution in [-0.4, -0.2) is 33.0 Å². The predicted molar refractivity (Wildman–Crippen MR) is 127 cm³/mol. The minimum Gasteiger partial charge on any atom is -0.341 e. The number of hydrogen-bond donors (Lipinski definition) is 4. The fourth-order valence-electron chi connectivity index (χ4n) is 4.90. The van der Waals surface area contributed by atoms with Gasteiger partial charge in [-0.2, -0.15) is 0 Å². The van der Waals surface area contributed by atoms with Crippen molar-refractivity contribution in [1.82, 2.24) is 30.6 Å². The van der Waals surface area contributed by atoms with Crippen molar-refractivity contribution in [3.05, 3.63) is 72.3 Å². The number of imidazole rings is 2. The van der Waals surface area contributed by atoms with Crippen LogP contribution in [0.15, 0.2) is 54.9 Å². The summed E-state index contributed by atoms with van der Waals surface area (Å²) in [5, 5.41) is 6.90. The summed E-state index contributed by atoms with van der Waals surface area (Å²) >= 11 is 0. The normalized spacial score (nSPS) is 20.5. The molecule has 2 aliphatic rings. The maximum Gasteiger partial charge on any atom is 0.131 e. The van der Waals surface area contributed by atoms with Gasteiger partial charge in [0.25, 0.3) is 0 Å². The van der Waals surface area contributed by atoms with E-state index in [0.29, 0.717) is 11.6 Å². The Kier molecular flexibility index (Phi) is 5.28. The molecule has 2 aliphatic heterocycles. The number of aromatic nitrogens is 4. The van der Waals surface area contributed by atoms with Gasteiger partial charge in [0.15, 0.2) is 0 Å². The van der Waals surface area contributed by atoms with Crippen LogP contribution >= 0.6 is 0 Å². The van der Waals surface area contributed by atoms with Gasteiger partial charge in [0.2, 0.25) is 0 Å². The van der Waals surface area contributed by atoms with Crippen molar-refractivity contribution in [2.24, 2.45) is 0 Å². The second-order valence-corrected chi connectivity index (χ2v) is 8.93. The molecule has 0 spiro atoms. The van der Waals surface area contributed by atoms with Gasteiger partial charge in [0.1, 0.15) is 17.5 Å². The van der Waals surface area contributed by atoms with E-state index in [4.69, 9.17) is 0 Å². The second-order valence-electron chi connectivity index (χ2n) is 8.93. The van der Waals surface area contributed by atoms with Gasteiger partial charge in [-0.15, -0.1) is 0 Å². The first-order valence-corrected chi connectivity index (χ1v) is 11.7. The Hall–Kier alpha value is -3.29. The van der Waals surface area contributed by atoms with E-state index in [9.17, 15) is 0 Å². The lowest BCUT2D eigenvalue weighted by molar-refractivity contribution is 0.613. The summed E-state index contributed by atoms with van der Waals surface area (Å²) in [6.07, 6.45) is 8.19. The maximum absolute atomic E-state index is 15.1. The van der Waals surface area contributed by atoms with Crippen LogP contribution in [0.3, 0.4) is 0 Å². The fourth-order valence-corrected chi connectivity index (χ4v) is 4.90. The van der Waals surface area contributed by atoms with Crippen molar-refractivity contribution in [2.75, 3.05) is 13.1 Å². The van der Waals surface area contributed by atoms with Crippen molar-refractivity contribution in [3.63, 3.8) is 0 Å². The Morgan fingerprint density at radius 1 is 0.697 bits per heavy atom. The van der Waals surface area contributed by atoms with E-state index in [1.165, 1.54) is 6.42 Å². The summed E-state index contributed by atoms with van der Waals surface area (Å²) in [7, 11) is 0. The summed E-state index contributed by atoms with van der Waals surface area (Å²) in [6.45, 7) is 2.06. The topological polar surface area (TPSA) is 81.4 Å². The highest BCUT2D eigenvalue weighted by molar-refractivity contribution is 5.72. The Labute approximate surface area is 192 Å². The van der Waals surface area contributed by atoms with Crippen molar-refractivity contribution < 1.29 is 4.39 Å². The molecule has 168 valence electrons. The van der Waals surface area contributed by atoms with Crippen LogP contribution in [0.1, 0.15) is 49.4 Å². The summed E-state index contributed by atoms with van der Waals surface area (Å²) in [6, 6.07) is 13.9. The van der Waals surface area contributed by atoms with Gasteiger partial charge < -0.3 is 20.6 Å². The zero-order valence-corrected chi connectivity index (χ0v) is 18.4. The average molecular weight is 443 g/mol. The first-order valence-electron chi connectivity index (χ1n) is 11.7. The third kappa shape index (κ3) is 3.98. The van der Waals surface area contributed by atoms with E-state index in [1.54, 1.807) is 12.3 Å². The molecule has 2 aromatic carbocycles. The monoisotopic (exact) mass is 442 g/mol. The van der Waals surface area contributed by atoms with E-state index in [-0.39, 0.29) is 11.9 Å². The molecule has 7 heteroatoms. The molecule has 4 N–H and O–H groups in total. The Bertz CT molecular complexity index is 1250. The number of nitrogens with zero attached hydrogens (tertiary/aromatic N) is 2. The molecule has 0 unspecified atom stereocenters. The minimum absolute atomic E-state index is 0.244. The van der Waals surface area contributed by atoms with Crippen molar-refractivity contribution >= 4 is 0 Å². The van der Waals surface area contributed by atoms with Gasteiger partial charge in [-0.05, 0) is 56.0 Å². The molecule has 6 rings (SSSR count). The van der Waals surface area contributed by atoms with Gasteiger partial charge in [-0.1, -0.05) is 36.4 Å². The van der Waals surface area contributed by atoms with E-state index in [2.05, 4.69) is 30.6 Å². The van der Waals surface area contributed by atoms with Crippen LogP contribution in [0, 0.1) is 5.82 Å². The molecule has 2 fully saturated rings. The van der Waals surface area contributed by atoms with E-state index >= 15 is 4.39 Å². The number of benzene rings is 2. The highest BCUT2D eigenvalue weighted by atomic mass is 19.1. The summed E-state index contributed by atoms with van der Waals surface area (Å²) < 4.78 is 15.1. The molecule has 2 aromatic heterocycles. The zero-order chi connectivity index (χ0) is 22.2.